The molecular weight excluding hydrogens is 188 g/mol. The summed E-state index contributed by atoms with van der Waals surface area (Å²) in [4.78, 5) is 27.7. The predicted molar refractivity (Wildman–Crippen MR) is 47.1 cm³/mol. The van der Waals surface area contributed by atoms with Gasteiger partial charge in [0.1, 0.15) is 6.61 Å². The number of hydrogen-bond acceptors (Lipinski definition) is 4. The van der Waals surface area contributed by atoms with Gasteiger partial charge in [-0.3, -0.25) is 14.4 Å². The van der Waals surface area contributed by atoms with Crippen LogP contribution in [-0.2, 0) is 14.4 Å². The Morgan fingerprint density at radius 3 is 2.43 bits per heavy atom. The van der Waals surface area contributed by atoms with Gasteiger partial charge in [-0.25, -0.2) is 5.90 Å². The molecule has 0 aromatic heterocycles. The van der Waals surface area contributed by atoms with Crippen molar-refractivity contribution in [1.82, 2.24) is 4.90 Å². The van der Waals surface area contributed by atoms with Crippen molar-refractivity contribution in [3.05, 3.63) is 0 Å². The fourth-order valence-corrected chi connectivity index (χ4v) is 1.54. The smallest absolute Gasteiger partial charge is 0.306 e. The van der Waals surface area contributed by atoms with Crippen LogP contribution < -0.4 is 5.90 Å². The molecule has 1 aliphatic rings. The molecule has 0 unspecified atom stereocenters. The van der Waals surface area contributed by atoms with Crippen LogP contribution in [0, 0.1) is 5.92 Å². The van der Waals surface area contributed by atoms with E-state index < -0.39 is 5.97 Å². The maximum Gasteiger partial charge on any atom is 0.306 e. The van der Waals surface area contributed by atoms with E-state index in [1.54, 1.807) is 4.90 Å². The summed E-state index contributed by atoms with van der Waals surface area (Å²) in [6.45, 7) is 0.802. The molecule has 14 heavy (non-hydrogen) atoms. The maximum absolute atomic E-state index is 11.2. The summed E-state index contributed by atoms with van der Waals surface area (Å²) in [6.07, 6.45) is 1.01. The minimum Gasteiger partial charge on any atom is -0.481 e. The Morgan fingerprint density at radius 2 is 2.00 bits per heavy atom. The third-order valence-electron chi connectivity index (χ3n) is 2.40. The van der Waals surface area contributed by atoms with Gasteiger partial charge in [0.15, 0.2) is 0 Å². The minimum atomic E-state index is -0.785. The molecule has 0 bridgehead atoms. The number of carbonyl (C=O) groups is 2. The van der Waals surface area contributed by atoms with E-state index in [-0.39, 0.29) is 18.4 Å². The molecule has 1 rings (SSSR count). The van der Waals surface area contributed by atoms with Crippen LogP contribution >= 0.6 is 0 Å². The SMILES string of the molecule is NOCC(=O)N1CCC(C(=O)O)CC1. The quantitative estimate of drug-likeness (QED) is 0.584. The standard InChI is InChI=1S/C8H14N2O4/c9-14-5-7(11)10-3-1-6(2-4-10)8(12)13/h6H,1-5,9H2,(H,12,13). The van der Waals surface area contributed by atoms with Crippen LogP contribution in [0.25, 0.3) is 0 Å². The third kappa shape index (κ3) is 2.68. The summed E-state index contributed by atoms with van der Waals surface area (Å²) in [5.41, 5.74) is 0. The molecule has 1 heterocycles. The molecule has 0 aliphatic carbocycles. The molecule has 0 aromatic carbocycles. The number of aliphatic carboxylic acids is 1. The molecule has 6 nitrogen and oxygen atoms in total. The molecule has 0 spiro atoms. The monoisotopic (exact) mass is 202 g/mol. The molecule has 1 amide bonds. The Hall–Kier alpha value is -1.14. The normalized spacial score (nSPS) is 18.2. The van der Waals surface area contributed by atoms with Crippen molar-refractivity contribution in [2.75, 3.05) is 19.7 Å². The molecule has 1 fully saturated rings. The van der Waals surface area contributed by atoms with E-state index >= 15 is 0 Å². The number of nitrogens with two attached hydrogens (primary N) is 1. The average molecular weight is 202 g/mol. The van der Waals surface area contributed by atoms with E-state index in [0.717, 1.165) is 0 Å². The highest BCUT2D eigenvalue weighted by Crippen LogP contribution is 2.17. The molecule has 0 aromatic rings. The van der Waals surface area contributed by atoms with Crippen molar-refractivity contribution in [1.29, 1.82) is 0 Å². The largest absolute Gasteiger partial charge is 0.481 e. The lowest BCUT2D eigenvalue weighted by atomic mass is 9.97. The number of carboxylic acids is 1. The second kappa shape index (κ2) is 4.92. The molecule has 3 N–H and O–H groups in total. The van der Waals surface area contributed by atoms with Gasteiger partial charge in [-0.05, 0) is 12.8 Å². The van der Waals surface area contributed by atoms with E-state index in [0.29, 0.717) is 25.9 Å². The second-order valence-electron chi connectivity index (χ2n) is 3.30. The van der Waals surface area contributed by atoms with Crippen LogP contribution in [0.5, 0.6) is 0 Å². The third-order valence-corrected chi connectivity index (χ3v) is 2.40. The second-order valence-corrected chi connectivity index (χ2v) is 3.30. The minimum absolute atomic E-state index is 0.141. The Bertz CT molecular complexity index is 223. The van der Waals surface area contributed by atoms with E-state index in [9.17, 15) is 9.59 Å². The van der Waals surface area contributed by atoms with E-state index in [2.05, 4.69) is 4.84 Å². The van der Waals surface area contributed by atoms with Gasteiger partial charge in [0.2, 0.25) is 0 Å². The van der Waals surface area contributed by atoms with Crippen LogP contribution in [0.2, 0.25) is 0 Å². The first-order valence-corrected chi connectivity index (χ1v) is 4.47. The topological polar surface area (TPSA) is 92.9 Å². The molecule has 80 valence electrons. The molecular formula is C8H14N2O4. The Kier molecular flexibility index (Phi) is 3.84. The lowest BCUT2D eigenvalue weighted by Gasteiger charge is -2.29. The van der Waals surface area contributed by atoms with E-state index in [1.165, 1.54) is 0 Å². The first kappa shape index (κ1) is 10.9. The van der Waals surface area contributed by atoms with Crippen molar-refractivity contribution in [3.63, 3.8) is 0 Å². The number of likely N-dealkylation sites (tertiary alicyclic amines) is 1. The van der Waals surface area contributed by atoms with Gasteiger partial charge >= 0.3 is 5.97 Å². The van der Waals surface area contributed by atoms with Crippen molar-refractivity contribution >= 4 is 11.9 Å². The summed E-state index contributed by atoms with van der Waals surface area (Å²) in [7, 11) is 0. The Morgan fingerprint density at radius 1 is 1.43 bits per heavy atom. The van der Waals surface area contributed by atoms with Gasteiger partial charge < -0.3 is 10.0 Å². The Balaban J connectivity index is 2.35. The number of carboxylic acid groups (broad SMARTS) is 1. The van der Waals surface area contributed by atoms with Crippen LogP contribution in [-0.4, -0.2) is 41.6 Å². The van der Waals surface area contributed by atoms with E-state index in [1.807, 2.05) is 0 Å². The van der Waals surface area contributed by atoms with Gasteiger partial charge in [0.25, 0.3) is 5.91 Å². The summed E-state index contributed by atoms with van der Waals surface area (Å²) in [5, 5.41) is 8.72. The summed E-state index contributed by atoms with van der Waals surface area (Å²) in [6, 6.07) is 0. The molecule has 0 radical (unpaired) electrons. The van der Waals surface area contributed by atoms with Crippen molar-refractivity contribution in [2.24, 2.45) is 11.8 Å². The zero-order valence-electron chi connectivity index (χ0n) is 7.81. The van der Waals surface area contributed by atoms with Gasteiger partial charge in [-0.2, -0.15) is 0 Å². The fourth-order valence-electron chi connectivity index (χ4n) is 1.54. The van der Waals surface area contributed by atoms with Crippen LogP contribution in [0.1, 0.15) is 12.8 Å². The average Bonchev–Trinajstić information content (AvgIpc) is 2.18. The molecule has 1 saturated heterocycles. The summed E-state index contributed by atoms with van der Waals surface area (Å²) in [5.74, 6) is 3.48. The van der Waals surface area contributed by atoms with Crippen LogP contribution in [0.3, 0.4) is 0 Å². The van der Waals surface area contributed by atoms with Gasteiger partial charge in [0, 0.05) is 13.1 Å². The van der Waals surface area contributed by atoms with Gasteiger partial charge in [0.05, 0.1) is 5.92 Å². The number of piperidine rings is 1. The Labute approximate surface area is 81.6 Å². The summed E-state index contributed by atoms with van der Waals surface area (Å²) >= 11 is 0. The first-order valence-electron chi connectivity index (χ1n) is 4.47. The van der Waals surface area contributed by atoms with Crippen LogP contribution in [0.15, 0.2) is 0 Å². The highest BCUT2D eigenvalue weighted by Gasteiger charge is 2.26. The highest BCUT2D eigenvalue weighted by atomic mass is 16.6. The van der Waals surface area contributed by atoms with Crippen LogP contribution in [0.4, 0.5) is 0 Å². The lowest BCUT2D eigenvalue weighted by molar-refractivity contribution is -0.146. The fraction of sp³-hybridized carbons (Fsp3) is 0.750. The molecule has 0 saturated carbocycles. The van der Waals surface area contributed by atoms with Gasteiger partial charge in [-0.15, -0.1) is 0 Å². The number of rotatable bonds is 3. The van der Waals surface area contributed by atoms with Crippen molar-refractivity contribution in [2.45, 2.75) is 12.8 Å². The van der Waals surface area contributed by atoms with E-state index in [4.69, 9.17) is 11.0 Å². The zero-order chi connectivity index (χ0) is 10.6. The molecule has 0 atom stereocenters. The predicted octanol–water partition coefficient (Wildman–Crippen LogP) is -0.800. The zero-order valence-corrected chi connectivity index (χ0v) is 7.81. The first-order chi connectivity index (χ1) is 6.65. The van der Waals surface area contributed by atoms with Crippen molar-refractivity contribution in [3.8, 4) is 0 Å². The molecule has 6 heteroatoms. The number of amides is 1. The molecule has 1 aliphatic heterocycles. The number of hydrogen-bond donors (Lipinski definition) is 2. The number of carbonyl (C=O) groups excluding carboxylic acids is 1. The maximum atomic E-state index is 11.2. The van der Waals surface area contributed by atoms with Crippen molar-refractivity contribution < 1.29 is 19.5 Å². The lowest BCUT2D eigenvalue weighted by Crippen LogP contribution is -2.42. The highest BCUT2D eigenvalue weighted by molar-refractivity contribution is 5.78. The number of nitrogens with zero attached hydrogens (tertiary/aromatic N) is 1. The van der Waals surface area contributed by atoms with Gasteiger partial charge in [-0.1, -0.05) is 0 Å². The summed E-state index contributed by atoms with van der Waals surface area (Å²) < 4.78 is 0.